The Hall–Kier alpha value is -1.95. The summed E-state index contributed by atoms with van der Waals surface area (Å²) in [6, 6.07) is 6.93. The van der Waals surface area contributed by atoms with E-state index in [1.807, 2.05) is 0 Å². The minimum absolute atomic E-state index is 0.136. The molecule has 2 amide bonds. The highest BCUT2D eigenvalue weighted by molar-refractivity contribution is 7.80. The van der Waals surface area contributed by atoms with Gasteiger partial charge >= 0.3 is 0 Å². The van der Waals surface area contributed by atoms with Crippen LogP contribution < -0.4 is 16.4 Å². The van der Waals surface area contributed by atoms with Crippen LogP contribution in [-0.2, 0) is 9.59 Å². The molecule has 0 spiro atoms. The first-order valence-electron chi connectivity index (χ1n) is 6.82. The molecule has 0 bridgehead atoms. The van der Waals surface area contributed by atoms with Gasteiger partial charge in [0.15, 0.2) is 0 Å². The molecule has 1 aromatic rings. The van der Waals surface area contributed by atoms with Gasteiger partial charge in [-0.15, -0.1) is 0 Å². The molecular weight excluding hydrogens is 286 g/mol. The molecule has 0 aromatic heterocycles. The lowest BCUT2D eigenvalue weighted by Crippen LogP contribution is -2.53. The third-order valence-corrected chi connectivity index (χ3v) is 4.15. The fourth-order valence-corrected chi connectivity index (χ4v) is 2.98. The van der Waals surface area contributed by atoms with E-state index >= 15 is 0 Å². The largest absolute Gasteiger partial charge is 0.392 e. The summed E-state index contributed by atoms with van der Waals surface area (Å²) in [7, 11) is 0. The second-order valence-electron chi connectivity index (χ2n) is 5.67. The lowest BCUT2D eigenvalue weighted by Gasteiger charge is -2.44. The number of carbonyl (C=O) groups is 2. The minimum Gasteiger partial charge on any atom is -0.392 e. The van der Waals surface area contributed by atoms with Crippen molar-refractivity contribution in [2.24, 2.45) is 17.1 Å². The molecule has 0 saturated heterocycles. The number of anilines is 2. The Morgan fingerprint density at radius 2 is 1.67 bits per heavy atom. The lowest BCUT2D eigenvalue weighted by atomic mass is 9.62. The van der Waals surface area contributed by atoms with Crippen molar-refractivity contribution in [3.8, 4) is 0 Å². The lowest BCUT2D eigenvalue weighted by molar-refractivity contribution is -0.127. The van der Waals surface area contributed by atoms with Crippen LogP contribution in [-0.4, -0.2) is 16.8 Å². The molecule has 0 unspecified atom stereocenters. The Labute approximate surface area is 129 Å². The molecule has 1 fully saturated rings. The fourth-order valence-electron chi connectivity index (χ4n) is 2.72. The van der Waals surface area contributed by atoms with Crippen LogP contribution in [0.25, 0.3) is 0 Å². The molecule has 6 heteroatoms. The van der Waals surface area contributed by atoms with Crippen LogP contribution in [0.3, 0.4) is 0 Å². The molecule has 21 heavy (non-hydrogen) atoms. The number of carbonyl (C=O) groups excluding carboxylic acids is 2. The van der Waals surface area contributed by atoms with Crippen molar-refractivity contribution in [1.82, 2.24) is 0 Å². The summed E-state index contributed by atoms with van der Waals surface area (Å²) in [5.41, 5.74) is 6.37. The number of hydrogen-bond donors (Lipinski definition) is 3. The first-order chi connectivity index (χ1) is 9.83. The van der Waals surface area contributed by atoms with Crippen molar-refractivity contribution in [2.45, 2.75) is 26.7 Å². The SMILES string of the molecule is CC(=O)Nc1ccc(NC(=O)C2(C(N)=S)CC(C)C2)cc1. The van der Waals surface area contributed by atoms with E-state index in [1.54, 1.807) is 24.3 Å². The van der Waals surface area contributed by atoms with Gasteiger partial charge in [-0.3, -0.25) is 9.59 Å². The molecule has 0 atom stereocenters. The average molecular weight is 305 g/mol. The maximum atomic E-state index is 12.4. The number of benzene rings is 1. The number of amides is 2. The van der Waals surface area contributed by atoms with Gasteiger partial charge < -0.3 is 16.4 Å². The summed E-state index contributed by atoms with van der Waals surface area (Å²) in [5, 5.41) is 5.52. The monoisotopic (exact) mass is 305 g/mol. The smallest absolute Gasteiger partial charge is 0.237 e. The summed E-state index contributed by atoms with van der Waals surface area (Å²) in [6.45, 7) is 3.52. The van der Waals surface area contributed by atoms with E-state index in [0.29, 0.717) is 30.1 Å². The van der Waals surface area contributed by atoms with E-state index in [1.165, 1.54) is 6.92 Å². The molecule has 4 N–H and O–H groups in total. The molecule has 0 heterocycles. The highest BCUT2D eigenvalue weighted by atomic mass is 32.1. The second kappa shape index (κ2) is 5.81. The van der Waals surface area contributed by atoms with Crippen LogP contribution >= 0.6 is 12.2 Å². The van der Waals surface area contributed by atoms with E-state index in [-0.39, 0.29) is 16.8 Å². The van der Waals surface area contributed by atoms with E-state index in [9.17, 15) is 9.59 Å². The predicted molar refractivity (Wildman–Crippen MR) is 87.0 cm³/mol. The average Bonchev–Trinajstić information content (AvgIpc) is 2.36. The van der Waals surface area contributed by atoms with Gasteiger partial charge in [0.1, 0.15) is 0 Å². The molecule has 1 aliphatic rings. The van der Waals surface area contributed by atoms with Crippen LogP contribution in [0.4, 0.5) is 11.4 Å². The Kier molecular flexibility index (Phi) is 4.27. The number of nitrogens with two attached hydrogens (primary N) is 1. The molecule has 112 valence electrons. The molecule has 2 rings (SSSR count). The van der Waals surface area contributed by atoms with Crippen LogP contribution in [0.1, 0.15) is 26.7 Å². The predicted octanol–water partition coefficient (Wildman–Crippen LogP) is 2.29. The van der Waals surface area contributed by atoms with E-state index in [2.05, 4.69) is 17.6 Å². The van der Waals surface area contributed by atoms with Crippen LogP contribution in [0.5, 0.6) is 0 Å². The molecule has 1 aliphatic carbocycles. The molecular formula is C15H19N3O2S. The van der Waals surface area contributed by atoms with Crippen molar-refractivity contribution in [3.63, 3.8) is 0 Å². The van der Waals surface area contributed by atoms with Gasteiger partial charge in [-0.25, -0.2) is 0 Å². The molecule has 5 nitrogen and oxygen atoms in total. The zero-order chi connectivity index (χ0) is 15.6. The first-order valence-corrected chi connectivity index (χ1v) is 7.23. The highest BCUT2D eigenvalue weighted by Gasteiger charge is 2.50. The van der Waals surface area contributed by atoms with Crippen LogP contribution in [0, 0.1) is 11.3 Å². The first kappa shape index (κ1) is 15.4. The quantitative estimate of drug-likeness (QED) is 0.745. The van der Waals surface area contributed by atoms with Crippen LogP contribution in [0.15, 0.2) is 24.3 Å². The molecule has 0 aliphatic heterocycles. The van der Waals surface area contributed by atoms with Gasteiger partial charge in [0.25, 0.3) is 0 Å². The summed E-state index contributed by atoms with van der Waals surface area (Å²) < 4.78 is 0. The topological polar surface area (TPSA) is 84.2 Å². The minimum atomic E-state index is -0.717. The van der Waals surface area contributed by atoms with Gasteiger partial charge in [-0.1, -0.05) is 19.1 Å². The zero-order valence-electron chi connectivity index (χ0n) is 12.1. The van der Waals surface area contributed by atoms with Crippen LogP contribution in [0.2, 0.25) is 0 Å². The summed E-state index contributed by atoms with van der Waals surface area (Å²) in [4.78, 5) is 23.6. The van der Waals surface area contributed by atoms with Gasteiger partial charge in [0.05, 0.1) is 10.4 Å². The summed E-state index contributed by atoms with van der Waals surface area (Å²) in [6.07, 6.45) is 1.39. The Bertz CT molecular complexity index is 577. The number of thiocarbonyl (C=S) groups is 1. The Morgan fingerprint density at radius 3 is 2.05 bits per heavy atom. The maximum Gasteiger partial charge on any atom is 0.237 e. The number of hydrogen-bond acceptors (Lipinski definition) is 3. The van der Waals surface area contributed by atoms with Crippen molar-refractivity contribution < 1.29 is 9.59 Å². The third-order valence-electron chi connectivity index (χ3n) is 3.76. The van der Waals surface area contributed by atoms with Crippen molar-refractivity contribution in [2.75, 3.05) is 10.6 Å². The standard InChI is InChI=1S/C15H19N3O2S/c1-9-7-15(8-9,13(16)21)14(20)18-12-5-3-11(4-6-12)17-10(2)19/h3-6,9H,7-8H2,1-2H3,(H2,16,21)(H,17,19)(H,18,20). The Morgan fingerprint density at radius 1 is 1.19 bits per heavy atom. The normalized spacial score (nSPS) is 23.8. The molecule has 1 aromatic carbocycles. The maximum absolute atomic E-state index is 12.4. The Balaban J connectivity index is 2.05. The summed E-state index contributed by atoms with van der Waals surface area (Å²) >= 11 is 5.06. The van der Waals surface area contributed by atoms with E-state index in [0.717, 1.165) is 0 Å². The molecule has 1 saturated carbocycles. The second-order valence-corrected chi connectivity index (χ2v) is 6.11. The van der Waals surface area contributed by atoms with Gasteiger partial charge in [-0.2, -0.15) is 0 Å². The van der Waals surface area contributed by atoms with Crippen molar-refractivity contribution >= 4 is 40.4 Å². The number of rotatable bonds is 4. The zero-order valence-corrected chi connectivity index (χ0v) is 12.9. The highest BCUT2D eigenvalue weighted by Crippen LogP contribution is 2.46. The van der Waals surface area contributed by atoms with E-state index in [4.69, 9.17) is 18.0 Å². The van der Waals surface area contributed by atoms with Crippen molar-refractivity contribution in [1.29, 1.82) is 0 Å². The number of nitrogens with one attached hydrogen (secondary N) is 2. The van der Waals surface area contributed by atoms with Crippen molar-refractivity contribution in [3.05, 3.63) is 24.3 Å². The van der Waals surface area contributed by atoms with Gasteiger partial charge in [-0.05, 0) is 43.0 Å². The summed E-state index contributed by atoms with van der Waals surface area (Å²) in [5.74, 6) is 0.169. The molecule has 0 radical (unpaired) electrons. The van der Waals surface area contributed by atoms with E-state index < -0.39 is 5.41 Å². The fraction of sp³-hybridized carbons (Fsp3) is 0.400. The third kappa shape index (κ3) is 3.21. The van der Waals surface area contributed by atoms with Gasteiger partial charge in [0, 0.05) is 18.3 Å². The van der Waals surface area contributed by atoms with Gasteiger partial charge in [0.2, 0.25) is 11.8 Å².